The maximum Gasteiger partial charge on any atom is 0.172 e. The van der Waals surface area contributed by atoms with E-state index in [1.165, 1.54) is 0 Å². The van der Waals surface area contributed by atoms with Crippen LogP contribution >= 0.6 is 11.6 Å². The van der Waals surface area contributed by atoms with Crippen molar-refractivity contribution in [1.29, 1.82) is 0 Å². The second-order valence-corrected chi connectivity index (χ2v) is 5.58. The molecule has 0 radical (unpaired) electrons. The molecule has 1 aliphatic heterocycles. The minimum atomic E-state index is 0.123. The first-order chi connectivity index (χ1) is 10.8. The molecule has 1 aromatic heterocycles. The van der Waals surface area contributed by atoms with Gasteiger partial charge in [-0.1, -0.05) is 41.9 Å². The molecular formula is C17H14ClN3O. The molecule has 5 heteroatoms. The van der Waals surface area contributed by atoms with Gasteiger partial charge < -0.3 is 10.1 Å². The third-order valence-electron chi connectivity index (χ3n) is 3.80. The number of benzene rings is 2. The Labute approximate surface area is 133 Å². The molecule has 1 aliphatic rings. The molecule has 110 valence electrons. The molecule has 4 nitrogen and oxygen atoms in total. The Morgan fingerprint density at radius 1 is 1.00 bits per heavy atom. The summed E-state index contributed by atoms with van der Waals surface area (Å²) in [6.45, 7) is 0.674. The predicted octanol–water partition coefficient (Wildman–Crippen LogP) is 4.22. The molecular weight excluding hydrogens is 298 g/mol. The van der Waals surface area contributed by atoms with Gasteiger partial charge in [0.1, 0.15) is 5.75 Å². The highest BCUT2D eigenvalue weighted by Crippen LogP contribution is 2.35. The number of hydrogen-bond donors (Lipinski definition) is 1. The quantitative estimate of drug-likeness (QED) is 0.770. The summed E-state index contributed by atoms with van der Waals surface area (Å²) in [6, 6.07) is 15.9. The predicted molar refractivity (Wildman–Crippen MR) is 87.5 cm³/mol. The van der Waals surface area contributed by atoms with Crippen molar-refractivity contribution in [3.63, 3.8) is 0 Å². The van der Waals surface area contributed by atoms with Crippen molar-refractivity contribution in [2.45, 2.75) is 12.5 Å². The van der Waals surface area contributed by atoms with Gasteiger partial charge in [0.25, 0.3) is 0 Å². The Bertz CT molecular complexity index is 837. The van der Waals surface area contributed by atoms with Crippen LogP contribution in [0.25, 0.3) is 11.0 Å². The van der Waals surface area contributed by atoms with Crippen LogP contribution in [0.2, 0.25) is 5.15 Å². The topological polar surface area (TPSA) is 47.0 Å². The van der Waals surface area contributed by atoms with Crippen molar-refractivity contribution in [1.82, 2.24) is 9.97 Å². The van der Waals surface area contributed by atoms with E-state index in [-0.39, 0.29) is 6.04 Å². The lowest BCUT2D eigenvalue weighted by Gasteiger charge is -2.27. The number of para-hydroxylation sites is 3. The molecule has 2 aromatic carbocycles. The van der Waals surface area contributed by atoms with E-state index in [1.54, 1.807) is 0 Å². The first-order valence-corrected chi connectivity index (χ1v) is 7.59. The van der Waals surface area contributed by atoms with E-state index in [0.717, 1.165) is 28.8 Å². The van der Waals surface area contributed by atoms with Gasteiger partial charge in [0.15, 0.2) is 11.0 Å². The third-order valence-corrected chi connectivity index (χ3v) is 4.06. The van der Waals surface area contributed by atoms with Gasteiger partial charge in [-0.25, -0.2) is 9.97 Å². The lowest BCUT2D eigenvalue weighted by molar-refractivity contribution is 0.274. The van der Waals surface area contributed by atoms with E-state index >= 15 is 0 Å². The molecule has 1 unspecified atom stereocenters. The molecule has 1 N–H and O–H groups in total. The largest absolute Gasteiger partial charge is 0.493 e. The molecule has 0 saturated heterocycles. The minimum absolute atomic E-state index is 0.123. The summed E-state index contributed by atoms with van der Waals surface area (Å²) >= 11 is 6.28. The lowest BCUT2D eigenvalue weighted by Crippen LogP contribution is -2.21. The number of halogens is 1. The van der Waals surface area contributed by atoms with Gasteiger partial charge >= 0.3 is 0 Å². The second-order valence-electron chi connectivity index (χ2n) is 5.22. The fraction of sp³-hybridized carbons (Fsp3) is 0.176. The maximum absolute atomic E-state index is 6.28. The zero-order chi connectivity index (χ0) is 14.9. The summed E-state index contributed by atoms with van der Waals surface area (Å²) in [5, 5.41) is 3.80. The van der Waals surface area contributed by atoms with Gasteiger partial charge in [-0.3, -0.25) is 0 Å². The summed E-state index contributed by atoms with van der Waals surface area (Å²) in [5.41, 5.74) is 2.75. The average Bonchev–Trinajstić information content (AvgIpc) is 2.56. The molecule has 2 heterocycles. The van der Waals surface area contributed by atoms with Crippen molar-refractivity contribution in [3.05, 3.63) is 59.2 Å². The Balaban J connectivity index is 1.71. The number of hydrogen-bond acceptors (Lipinski definition) is 4. The normalized spacial score (nSPS) is 16.9. The Kier molecular flexibility index (Phi) is 3.31. The van der Waals surface area contributed by atoms with Crippen LogP contribution in [0.1, 0.15) is 18.0 Å². The highest BCUT2D eigenvalue weighted by atomic mass is 35.5. The van der Waals surface area contributed by atoms with Gasteiger partial charge in [0.2, 0.25) is 0 Å². The highest BCUT2D eigenvalue weighted by Gasteiger charge is 2.22. The van der Waals surface area contributed by atoms with E-state index in [4.69, 9.17) is 16.3 Å². The number of aromatic nitrogens is 2. The molecule has 22 heavy (non-hydrogen) atoms. The van der Waals surface area contributed by atoms with Gasteiger partial charge in [-0.15, -0.1) is 0 Å². The number of ether oxygens (including phenoxy) is 1. The number of nitrogens with one attached hydrogen (secondary N) is 1. The second kappa shape index (κ2) is 5.46. The van der Waals surface area contributed by atoms with Gasteiger partial charge in [-0.05, 0) is 18.2 Å². The molecule has 0 spiro atoms. The van der Waals surface area contributed by atoms with Crippen molar-refractivity contribution in [2.75, 3.05) is 11.9 Å². The fourth-order valence-electron chi connectivity index (χ4n) is 2.73. The Morgan fingerprint density at radius 3 is 2.59 bits per heavy atom. The van der Waals surface area contributed by atoms with Gasteiger partial charge in [0.05, 0.1) is 23.7 Å². The van der Waals surface area contributed by atoms with E-state index in [9.17, 15) is 0 Å². The van der Waals surface area contributed by atoms with E-state index in [2.05, 4.69) is 21.4 Å². The van der Waals surface area contributed by atoms with Crippen molar-refractivity contribution in [2.24, 2.45) is 0 Å². The number of rotatable bonds is 2. The standard InChI is InChI=1S/C17H14ClN3O/c18-16-17(21-14-7-3-2-6-13(14)19-16)20-12-9-10-22-15-8-4-1-5-11(12)15/h1-8,12H,9-10H2,(H,20,21). The van der Waals surface area contributed by atoms with E-state index < -0.39 is 0 Å². The number of anilines is 1. The molecule has 0 amide bonds. The van der Waals surface area contributed by atoms with E-state index in [1.807, 2.05) is 42.5 Å². The van der Waals surface area contributed by atoms with Crippen LogP contribution in [0.3, 0.4) is 0 Å². The zero-order valence-corrected chi connectivity index (χ0v) is 12.5. The number of fused-ring (bicyclic) bond motifs is 2. The van der Waals surface area contributed by atoms with Gasteiger partial charge in [0, 0.05) is 12.0 Å². The molecule has 0 fully saturated rings. The summed E-state index contributed by atoms with van der Waals surface area (Å²) in [4.78, 5) is 9.00. The van der Waals surface area contributed by atoms with Gasteiger partial charge in [-0.2, -0.15) is 0 Å². The summed E-state index contributed by atoms with van der Waals surface area (Å²) in [7, 11) is 0. The Morgan fingerprint density at radius 2 is 1.73 bits per heavy atom. The first-order valence-electron chi connectivity index (χ1n) is 7.22. The molecule has 0 bridgehead atoms. The summed E-state index contributed by atoms with van der Waals surface area (Å²) in [6.07, 6.45) is 0.863. The van der Waals surface area contributed by atoms with Crippen LogP contribution < -0.4 is 10.1 Å². The molecule has 0 aliphatic carbocycles. The maximum atomic E-state index is 6.28. The molecule has 0 saturated carbocycles. The van der Waals surface area contributed by atoms with Crippen molar-refractivity contribution >= 4 is 28.5 Å². The van der Waals surface area contributed by atoms with Crippen LogP contribution in [0, 0.1) is 0 Å². The fourth-order valence-corrected chi connectivity index (χ4v) is 2.92. The summed E-state index contributed by atoms with van der Waals surface area (Å²) in [5.74, 6) is 1.53. The molecule has 4 rings (SSSR count). The van der Waals surface area contributed by atoms with Crippen molar-refractivity contribution in [3.8, 4) is 5.75 Å². The average molecular weight is 312 g/mol. The first kappa shape index (κ1) is 13.3. The zero-order valence-electron chi connectivity index (χ0n) is 11.8. The highest BCUT2D eigenvalue weighted by molar-refractivity contribution is 6.32. The van der Waals surface area contributed by atoms with Crippen LogP contribution in [0.4, 0.5) is 5.82 Å². The van der Waals surface area contributed by atoms with Crippen molar-refractivity contribution < 1.29 is 4.74 Å². The SMILES string of the molecule is Clc1nc2ccccc2nc1NC1CCOc2ccccc21. The Hall–Kier alpha value is -2.33. The molecule has 3 aromatic rings. The lowest BCUT2D eigenvalue weighted by atomic mass is 10.0. The monoisotopic (exact) mass is 311 g/mol. The van der Waals surface area contributed by atoms with Crippen LogP contribution in [-0.4, -0.2) is 16.6 Å². The third kappa shape index (κ3) is 2.35. The number of nitrogens with zero attached hydrogens (tertiary/aromatic N) is 2. The van der Waals surface area contributed by atoms with Crippen LogP contribution in [-0.2, 0) is 0 Å². The smallest absolute Gasteiger partial charge is 0.172 e. The molecule has 1 atom stereocenters. The van der Waals surface area contributed by atoms with Crippen LogP contribution in [0.5, 0.6) is 5.75 Å². The van der Waals surface area contributed by atoms with Crippen LogP contribution in [0.15, 0.2) is 48.5 Å². The summed E-state index contributed by atoms with van der Waals surface area (Å²) < 4.78 is 5.68. The minimum Gasteiger partial charge on any atom is -0.493 e. The van der Waals surface area contributed by atoms with E-state index in [0.29, 0.717) is 17.6 Å².